The third-order valence-electron chi connectivity index (χ3n) is 3.88. The van der Waals surface area contributed by atoms with Crippen LogP contribution in [-0.2, 0) is 9.47 Å². The van der Waals surface area contributed by atoms with Crippen molar-refractivity contribution in [3.8, 4) is 0 Å². The van der Waals surface area contributed by atoms with E-state index >= 15 is 0 Å². The molecule has 1 fully saturated rings. The van der Waals surface area contributed by atoms with Crippen LogP contribution in [0, 0.1) is 0 Å². The molecule has 1 rings (SSSR count). The first-order valence-corrected chi connectivity index (χ1v) is 8.04. The van der Waals surface area contributed by atoms with E-state index in [9.17, 15) is 15.3 Å². The highest BCUT2D eigenvalue weighted by Gasteiger charge is 2.43. The topological polar surface area (TPSA) is 99.4 Å². The largest absolute Gasteiger partial charge is 0.394 e. The van der Waals surface area contributed by atoms with Gasteiger partial charge in [0, 0.05) is 6.61 Å². The van der Waals surface area contributed by atoms with Crippen molar-refractivity contribution in [2.24, 2.45) is 0 Å². The van der Waals surface area contributed by atoms with Crippen molar-refractivity contribution in [3.05, 3.63) is 0 Å². The highest BCUT2D eigenvalue weighted by molar-refractivity contribution is 4.88. The maximum atomic E-state index is 9.78. The van der Waals surface area contributed by atoms with Gasteiger partial charge >= 0.3 is 0 Å². The van der Waals surface area contributed by atoms with Gasteiger partial charge in [0.1, 0.15) is 24.4 Å². The molecule has 2 unspecified atom stereocenters. The van der Waals surface area contributed by atoms with Crippen LogP contribution in [-0.4, -0.2) is 64.3 Å². The Hall–Kier alpha value is -0.240. The van der Waals surface area contributed by atoms with Crippen molar-refractivity contribution in [1.82, 2.24) is 0 Å². The van der Waals surface area contributed by atoms with Crippen molar-refractivity contribution in [2.75, 3.05) is 13.2 Å². The smallest absolute Gasteiger partial charge is 0.186 e. The summed E-state index contributed by atoms with van der Waals surface area (Å²) in [5.41, 5.74) is 0. The Balaban J connectivity index is 2.16. The van der Waals surface area contributed by atoms with Crippen molar-refractivity contribution in [1.29, 1.82) is 0 Å². The molecule has 0 aromatic rings. The Labute approximate surface area is 126 Å². The Morgan fingerprint density at radius 1 is 0.857 bits per heavy atom. The van der Waals surface area contributed by atoms with Crippen LogP contribution >= 0.6 is 0 Å². The average molecular weight is 306 g/mol. The molecule has 0 aliphatic carbocycles. The monoisotopic (exact) mass is 306 g/mol. The van der Waals surface area contributed by atoms with E-state index < -0.39 is 37.3 Å². The minimum Gasteiger partial charge on any atom is -0.394 e. The number of aliphatic hydroxyl groups is 4. The number of rotatable bonds is 10. The second kappa shape index (κ2) is 10.5. The number of unbranched alkanes of at least 4 members (excludes halogenated alkanes) is 6. The van der Waals surface area contributed by atoms with Crippen LogP contribution in [0.1, 0.15) is 51.9 Å². The van der Waals surface area contributed by atoms with Crippen molar-refractivity contribution in [3.63, 3.8) is 0 Å². The molecule has 0 aromatic heterocycles. The first-order valence-electron chi connectivity index (χ1n) is 8.04. The molecule has 1 aliphatic rings. The van der Waals surface area contributed by atoms with Crippen LogP contribution < -0.4 is 0 Å². The van der Waals surface area contributed by atoms with E-state index in [-0.39, 0.29) is 0 Å². The van der Waals surface area contributed by atoms with Crippen molar-refractivity contribution < 1.29 is 29.9 Å². The lowest BCUT2D eigenvalue weighted by Crippen LogP contribution is -2.59. The minimum atomic E-state index is -1.37. The van der Waals surface area contributed by atoms with Gasteiger partial charge in [-0.05, 0) is 6.42 Å². The van der Waals surface area contributed by atoms with E-state index in [0.717, 1.165) is 19.3 Å². The summed E-state index contributed by atoms with van der Waals surface area (Å²) in [6, 6.07) is 0. The van der Waals surface area contributed by atoms with Gasteiger partial charge in [-0.2, -0.15) is 0 Å². The fraction of sp³-hybridized carbons (Fsp3) is 1.00. The lowest BCUT2D eigenvalue weighted by molar-refractivity contribution is -0.301. The van der Waals surface area contributed by atoms with Gasteiger partial charge in [0.15, 0.2) is 6.29 Å². The Morgan fingerprint density at radius 3 is 2.10 bits per heavy atom. The molecule has 6 nitrogen and oxygen atoms in total. The van der Waals surface area contributed by atoms with Crippen LogP contribution in [0.25, 0.3) is 0 Å². The molecule has 4 N–H and O–H groups in total. The molecule has 1 heterocycles. The third-order valence-corrected chi connectivity index (χ3v) is 3.88. The maximum Gasteiger partial charge on any atom is 0.186 e. The molecule has 1 saturated heterocycles. The fourth-order valence-corrected chi connectivity index (χ4v) is 2.46. The number of hydrogen-bond acceptors (Lipinski definition) is 6. The van der Waals surface area contributed by atoms with Gasteiger partial charge < -0.3 is 29.9 Å². The van der Waals surface area contributed by atoms with Crippen LogP contribution in [0.15, 0.2) is 0 Å². The summed E-state index contributed by atoms with van der Waals surface area (Å²) in [5, 5.41) is 38.1. The summed E-state index contributed by atoms with van der Waals surface area (Å²) < 4.78 is 10.7. The predicted molar refractivity (Wildman–Crippen MR) is 77.7 cm³/mol. The molecular weight excluding hydrogens is 276 g/mol. The summed E-state index contributed by atoms with van der Waals surface area (Å²) in [6.07, 6.45) is 2.20. The summed E-state index contributed by atoms with van der Waals surface area (Å²) in [5.74, 6) is 0. The molecule has 0 aromatic carbocycles. The summed E-state index contributed by atoms with van der Waals surface area (Å²) in [4.78, 5) is 0. The number of aliphatic hydroxyl groups excluding tert-OH is 4. The molecule has 0 spiro atoms. The molecule has 5 atom stereocenters. The van der Waals surface area contributed by atoms with Gasteiger partial charge in [-0.1, -0.05) is 45.4 Å². The lowest BCUT2D eigenvalue weighted by atomic mass is 9.99. The summed E-state index contributed by atoms with van der Waals surface area (Å²) in [7, 11) is 0. The summed E-state index contributed by atoms with van der Waals surface area (Å²) >= 11 is 0. The van der Waals surface area contributed by atoms with Gasteiger partial charge in [0.2, 0.25) is 0 Å². The fourth-order valence-electron chi connectivity index (χ4n) is 2.46. The second-order valence-corrected chi connectivity index (χ2v) is 5.69. The standard InChI is InChI=1S/C15H30O6/c1-2-3-4-5-6-7-8-9-20-15-14(19)13(18)12(17)11(10-16)21-15/h11-19H,2-10H2,1H3/t11?,12-,13+,14?,15-/m1/s1. The Morgan fingerprint density at radius 2 is 1.48 bits per heavy atom. The minimum absolute atomic E-state index is 0.427. The molecule has 126 valence electrons. The lowest BCUT2D eigenvalue weighted by Gasteiger charge is -2.39. The van der Waals surface area contributed by atoms with Crippen LogP contribution in [0.2, 0.25) is 0 Å². The van der Waals surface area contributed by atoms with Gasteiger partial charge in [0.05, 0.1) is 6.61 Å². The van der Waals surface area contributed by atoms with Gasteiger partial charge in [-0.3, -0.25) is 0 Å². The normalized spacial score (nSPS) is 33.3. The highest BCUT2D eigenvalue weighted by Crippen LogP contribution is 2.22. The molecule has 0 radical (unpaired) electrons. The van der Waals surface area contributed by atoms with Crippen LogP contribution in [0.4, 0.5) is 0 Å². The molecule has 0 amide bonds. The van der Waals surface area contributed by atoms with Crippen LogP contribution in [0.5, 0.6) is 0 Å². The van der Waals surface area contributed by atoms with E-state index in [1.54, 1.807) is 0 Å². The van der Waals surface area contributed by atoms with Crippen molar-refractivity contribution >= 4 is 0 Å². The molecule has 0 saturated carbocycles. The van der Waals surface area contributed by atoms with E-state index in [1.165, 1.54) is 25.7 Å². The van der Waals surface area contributed by atoms with E-state index in [0.29, 0.717) is 6.61 Å². The van der Waals surface area contributed by atoms with E-state index in [4.69, 9.17) is 14.6 Å². The Kier molecular flexibility index (Phi) is 9.39. The van der Waals surface area contributed by atoms with E-state index in [2.05, 4.69) is 6.92 Å². The molecule has 0 bridgehead atoms. The molecule has 6 heteroatoms. The summed E-state index contributed by atoms with van der Waals surface area (Å²) in [6.45, 7) is 2.19. The second-order valence-electron chi connectivity index (χ2n) is 5.69. The first-order chi connectivity index (χ1) is 10.1. The van der Waals surface area contributed by atoms with E-state index in [1.807, 2.05) is 0 Å². The third kappa shape index (κ3) is 6.18. The highest BCUT2D eigenvalue weighted by atomic mass is 16.7. The first kappa shape index (κ1) is 18.8. The number of hydrogen-bond donors (Lipinski definition) is 4. The average Bonchev–Trinajstić information content (AvgIpc) is 2.49. The van der Waals surface area contributed by atoms with Gasteiger partial charge in [-0.15, -0.1) is 0 Å². The molecule has 1 aliphatic heterocycles. The number of ether oxygens (including phenoxy) is 2. The Bertz CT molecular complexity index is 261. The zero-order chi connectivity index (χ0) is 15.7. The predicted octanol–water partition coefficient (Wildman–Crippen LogP) is 0.553. The van der Waals surface area contributed by atoms with Crippen molar-refractivity contribution in [2.45, 2.75) is 82.6 Å². The SMILES string of the molecule is CCCCCCCCCO[C@@H]1OC(CO)[C@@H](O)[C@H](O)C1O. The maximum absolute atomic E-state index is 9.78. The van der Waals surface area contributed by atoms with Crippen LogP contribution in [0.3, 0.4) is 0 Å². The molecule has 21 heavy (non-hydrogen) atoms. The zero-order valence-electron chi connectivity index (χ0n) is 12.9. The van der Waals surface area contributed by atoms with Gasteiger partial charge in [-0.25, -0.2) is 0 Å². The van der Waals surface area contributed by atoms with Gasteiger partial charge in [0.25, 0.3) is 0 Å². The zero-order valence-corrected chi connectivity index (χ0v) is 12.9. The molecular formula is C15H30O6. The quantitative estimate of drug-likeness (QED) is 0.440.